The highest BCUT2D eigenvalue weighted by Gasteiger charge is 2.28. The minimum absolute atomic E-state index is 0.899. The molecule has 0 radical (unpaired) electrons. The average molecular weight is 215 g/mol. The Morgan fingerprint density at radius 3 is 2.38 bits per heavy atom. The van der Waals surface area contributed by atoms with E-state index >= 15 is 0 Å². The van der Waals surface area contributed by atoms with Gasteiger partial charge in [-0.15, -0.1) is 0 Å². The molecule has 0 aromatic heterocycles. The summed E-state index contributed by atoms with van der Waals surface area (Å²) in [7, 11) is 0. The summed E-state index contributed by atoms with van der Waals surface area (Å²) in [5, 5.41) is 0. The second-order valence-electron chi connectivity index (χ2n) is 5.25. The molecule has 1 aliphatic heterocycles. The molecule has 0 N–H and O–H groups in total. The van der Waals surface area contributed by atoms with E-state index in [1.807, 2.05) is 0 Å². The van der Waals surface area contributed by atoms with Crippen LogP contribution in [0.15, 0.2) is 12.1 Å². The maximum absolute atomic E-state index is 2.53. The molecule has 86 valence electrons. The zero-order valence-corrected chi connectivity index (χ0v) is 10.4. The summed E-state index contributed by atoms with van der Waals surface area (Å²) >= 11 is 0. The minimum Gasteiger partial charge on any atom is -0.295 e. The summed E-state index contributed by atoms with van der Waals surface area (Å²) in [4.78, 5) is 2.53. The van der Waals surface area contributed by atoms with E-state index in [2.05, 4.69) is 30.9 Å². The van der Waals surface area contributed by atoms with Crippen LogP contribution in [-0.4, -0.2) is 11.4 Å². The van der Waals surface area contributed by atoms with Gasteiger partial charge in [-0.05, 0) is 54.0 Å². The van der Waals surface area contributed by atoms with Crippen molar-refractivity contribution in [1.82, 2.24) is 4.90 Å². The van der Waals surface area contributed by atoms with E-state index in [0.29, 0.717) is 0 Å². The fourth-order valence-corrected chi connectivity index (χ4v) is 2.90. The standard InChI is InChI=1S/C15H21N/c1-3-11-7-13-9-16(4-2)10-14(13)8-15(11)12-5-6-12/h7-8,12H,3-6,9-10H2,1-2H3. The van der Waals surface area contributed by atoms with Crippen molar-refractivity contribution in [2.75, 3.05) is 6.54 Å². The van der Waals surface area contributed by atoms with Gasteiger partial charge in [0.1, 0.15) is 0 Å². The molecule has 0 spiro atoms. The van der Waals surface area contributed by atoms with Gasteiger partial charge in [-0.1, -0.05) is 26.0 Å². The first-order chi connectivity index (χ1) is 7.81. The van der Waals surface area contributed by atoms with Crippen molar-refractivity contribution >= 4 is 0 Å². The quantitative estimate of drug-likeness (QED) is 0.746. The number of fused-ring (bicyclic) bond motifs is 1. The molecule has 2 aliphatic rings. The Morgan fingerprint density at radius 2 is 1.81 bits per heavy atom. The lowest BCUT2D eigenvalue weighted by molar-refractivity contribution is 0.301. The predicted octanol–water partition coefficient (Wildman–Crippen LogP) is 3.46. The minimum atomic E-state index is 0.899. The molecule has 1 aromatic rings. The normalized spacial score (nSPS) is 20.1. The first-order valence-corrected chi connectivity index (χ1v) is 6.68. The topological polar surface area (TPSA) is 3.24 Å². The molecule has 1 aromatic carbocycles. The summed E-state index contributed by atoms with van der Waals surface area (Å²) in [6.07, 6.45) is 4.04. The molecule has 0 bridgehead atoms. The predicted molar refractivity (Wildman–Crippen MR) is 67.6 cm³/mol. The van der Waals surface area contributed by atoms with Crippen molar-refractivity contribution < 1.29 is 0 Å². The number of hydrogen-bond donors (Lipinski definition) is 0. The fraction of sp³-hybridized carbons (Fsp3) is 0.600. The molecular weight excluding hydrogens is 194 g/mol. The van der Waals surface area contributed by atoms with E-state index in [-0.39, 0.29) is 0 Å². The van der Waals surface area contributed by atoms with Crippen molar-refractivity contribution in [3.8, 4) is 0 Å². The molecule has 1 saturated carbocycles. The molecule has 0 saturated heterocycles. The Labute approximate surface area is 98.5 Å². The molecule has 0 amide bonds. The van der Waals surface area contributed by atoms with Gasteiger partial charge in [0.05, 0.1) is 0 Å². The number of rotatable bonds is 3. The average Bonchev–Trinajstić information content (AvgIpc) is 3.07. The van der Waals surface area contributed by atoms with Gasteiger partial charge in [0.15, 0.2) is 0 Å². The van der Waals surface area contributed by atoms with Crippen molar-refractivity contribution in [2.24, 2.45) is 0 Å². The van der Waals surface area contributed by atoms with Gasteiger partial charge in [0.25, 0.3) is 0 Å². The highest BCUT2D eigenvalue weighted by molar-refractivity contribution is 5.43. The van der Waals surface area contributed by atoms with Crippen LogP contribution in [0.2, 0.25) is 0 Å². The smallest absolute Gasteiger partial charge is 0.0240 e. The molecule has 0 atom stereocenters. The lowest BCUT2D eigenvalue weighted by Crippen LogP contribution is -2.14. The molecule has 1 fully saturated rings. The van der Waals surface area contributed by atoms with Crippen LogP contribution in [0.5, 0.6) is 0 Å². The first-order valence-electron chi connectivity index (χ1n) is 6.68. The molecule has 16 heavy (non-hydrogen) atoms. The van der Waals surface area contributed by atoms with E-state index in [1.165, 1.54) is 38.9 Å². The molecule has 0 unspecified atom stereocenters. The van der Waals surface area contributed by atoms with Gasteiger partial charge in [-0.25, -0.2) is 0 Å². The SMILES string of the molecule is CCc1cc2c(cc1C1CC1)CN(CC)C2. The van der Waals surface area contributed by atoms with Gasteiger partial charge < -0.3 is 0 Å². The molecule has 3 rings (SSSR count). The largest absolute Gasteiger partial charge is 0.295 e. The van der Waals surface area contributed by atoms with Crippen LogP contribution in [0.4, 0.5) is 0 Å². The summed E-state index contributed by atoms with van der Waals surface area (Å²) in [6.45, 7) is 8.07. The third-order valence-electron chi connectivity index (χ3n) is 4.09. The zero-order chi connectivity index (χ0) is 11.1. The van der Waals surface area contributed by atoms with Gasteiger partial charge in [0.2, 0.25) is 0 Å². The Balaban J connectivity index is 1.97. The van der Waals surface area contributed by atoms with E-state index in [0.717, 1.165) is 5.92 Å². The second kappa shape index (κ2) is 3.89. The molecular formula is C15H21N. The monoisotopic (exact) mass is 215 g/mol. The highest BCUT2D eigenvalue weighted by atomic mass is 15.1. The summed E-state index contributed by atoms with van der Waals surface area (Å²) in [6, 6.07) is 5.00. The van der Waals surface area contributed by atoms with E-state index < -0.39 is 0 Å². The van der Waals surface area contributed by atoms with E-state index in [9.17, 15) is 0 Å². The van der Waals surface area contributed by atoms with Crippen LogP contribution < -0.4 is 0 Å². The summed E-state index contributed by atoms with van der Waals surface area (Å²) in [5.41, 5.74) is 6.46. The second-order valence-corrected chi connectivity index (χ2v) is 5.25. The molecule has 1 nitrogen and oxygen atoms in total. The van der Waals surface area contributed by atoms with Crippen LogP contribution in [0.25, 0.3) is 0 Å². The zero-order valence-electron chi connectivity index (χ0n) is 10.4. The third kappa shape index (κ3) is 1.67. The number of hydrogen-bond acceptors (Lipinski definition) is 1. The van der Waals surface area contributed by atoms with Gasteiger partial charge >= 0.3 is 0 Å². The Hall–Kier alpha value is -0.820. The van der Waals surface area contributed by atoms with Gasteiger partial charge in [-0.2, -0.15) is 0 Å². The van der Waals surface area contributed by atoms with Crippen LogP contribution >= 0.6 is 0 Å². The van der Waals surface area contributed by atoms with Gasteiger partial charge in [-0.3, -0.25) is 4.90 Å². The van der Waals surface area contributed by atoms with Crippen LogP contribution in [0, 0.1) is 0 Å². The maximum Gasteiger partial charge on any atom is 0.0240 e. The molecule has 1 aliphatic carbocycles. The van der Waals surface area contributed by atoms with Crippen LogP contribution in [-0.2, 0) is 19.5 Å². The molecule has 1 heterocycles. The summed E-state index contributed by atoms with van der Waals surface area (Å²) in [5.74, 6) is 0.899. The fourth-order valence-electron chi connectivity index (χ4n) is 2.90. The first kappa shape index (κ1) is 10.3. The Kier molecular flexibility index (Phi) is 2.51. The Morgan fingerprint density at radius 1 is 1.12 bits per heavy atom. The number of aryl methyl sites for hydroxylation is 1. The maximum atomic E-state index is 2.53. The van der Waals surface area contributed by atoms with Crippen molar-refractivity contribution in [2.45, 2.75) is 52.1 Å². The number of benzene rings is 1. The van der Waals surface area contributed by atoms with Crippen LogP contribution in [0.1, 0.15) is 54.9 Å². The van der Waals surface area contributed by atoms with Crippen LogP contribution in [0.3, 0.4) is 0 Å². The Bertz CT molecular complexity index is 404. The lowest BCUT2D eigenvalue weighted by Gasteiger charge is -2.09. The third-order valence-corrected chi connectivity index (χ3v) is 4.09. The van der Waals surface area contributed by atoms with Gasteiger partial charge in [0, 0.05) is 13.1 Å². The van der Waals surface area contributed by atoms with Crippen molar-refractivity contribution in [3.05, 3.63) is 34.4 Å². The lowest BCUT2D eigenvalue weighted by atomic mass is 9.95. The van der Waals surface area contributed by atoms with Crippen molar-refractivity contribution in [1.29, 1.82) is 0 Å². The number of nitrogens with zero attached hydrogens (tertiary/aromatic N) is 1. The highest BCUT2D eigenvalue weighted by Crippen LogP contribution is 2.43. The molecule has 1 heteroatoms. The summed E-state index contributed by atoms with van der Waals surface area (Å²) < 4.78 is 0. The van der Waals surface area contributed by atoms with Crippen molar-refractivity contribution in [3.63, 3.8) is 0 Å². The van der Waals surface area contributed by atoms with E-state index in [4.69, 9.17) is 0 Å². The van der Waals surface area contributed by atoms with E-state index in [1.54, 1.807) is 22.3 Å².